The van der Waals surface area contributed by atoms with Crippen molar-refractivity contribution in [1.29, 1.82) is 0 Å². The van der Waals surface area contributed by atoms with Crippen LogP contribution in [0.25, 0.3) is 0 Å². The van der Waals surface area contributed by atoms with Gasteiger partial charge in [-0.05, 0) is 57.4 Å². The summed E-state index contributed by atoms with van der Waals surface area (Å²) in [6, 6.07) is 1.80. The summed E-state index contributed by atoms with van der Waals surface area (Å²) in [6.45, 7) is 6.62. The Hall–Kier alpha value is -2.66. The molecule has 2 heterocycles. The Morgan fingerprint density at radius 1 is 0.971 bits per heavy atom. The minimum absolute atomic E-state index is 0.0524. The molecule has 0 spiro atoms. The van der Waals surface area contributed by atoms with Crippen molar-refractivity contribution in [3.63, 3.8) is 0 Å². The quantitative estimate of drug-likeness (QED) is 0.535. The van der Waals surface area contributed by atoms with E-state index in [0.717, 1.165) is 6.07 Å². The lowest BCUT2D eigenvalue weighted by molar-refractivity contribution is -0.186. The molecule has 190 valence electrons. The van der Waals surface area contributed by atoms with Crippen molar-refractivity contribution in [2.75, 3.05) is 31.1 Å². The molecule has 0 bridgehead atoms. The van der Waals surface area contributed by atoms with Crippen LogP contribution in [0.2, 0.25) is 0 Å². The van der Waals surface area contributed by atoms with Gasteiger partial charge in [0.15, 0.2) is 0 Å². The van der Waals surface area contributed by atoms with Crippen LogP contribution >= 0.6 is 0 Å². The molecular formula is C22H27F6N3O3. The van der Waals surface area contributed by atoms with Crippen molar-refractivity contribution in [2.45, 2.75) is 64.7 Å². The minimum Gasteiger partial charge on any atom is -0.444 e. The van der Waals surface area contributed by atoms with Crippen molar-refractivity contribution in [2.24, 2.45) is 0 Å². The Balaban J connectivity index is 1.91. The summed E-state index contributed by atoms with van der Waals surface area (Å²) in [4.78, 5) is 28.1. The number of piperazine rings is 1. The predicted molar refractivity (Wildman–Crippen MR) is 111 cm³/mol. The fourth-order valence-corrected chi connectivity index (χ4v) is 4.34. The van der Waals surface area contributed by atoms with Crippen LogP contribution < -0.4 is 4.90 Å². The zero-order valence-electron chi connectivity index (χ0n) is 19.3. The maximum atomic E-state index is 13.6. The van der Waals surface area contributed by atoms with E-state index in [1.807, 2.05) is 0 Å². The molecule has 0 unspecified atom stereocenters. The molecular weight excluding hydrogens is 468 g/mol. The summed E-state index contributed by atoms with van der Waals surface area (Å²) in [6.07, 6.45) is -10.7. The maximum Gasteiger partial charge on any atom is 0.471 e. The van der Waals surface area contributed by atoms with Gasteiger partial charge in [-0.15, -0.1) is 0 Å². The highest BCUT2D eigenvalue weighted by Crippen LogP contribution is 2.40. The van der Waals surface area contributed by atoms with Gasteiger partial charge in [0.2, 0.25) is 0 Å². The van der Waals surface area contributed by atoms with Crippen molar-refractivity contribution in [3.05, 3.63) is 28.8 Å². The average molecular weight is 495 g/mol. The lowest BCUT2D eigenvalue weighted by Gasteiger charge is -2.43. The van der Waals surface area contributed by atoms with Crippen LogP contribution in [0.1, 0.15) is 44.4 Å². The third-order valence-corrected chi connectivity index (χ3v) is 5.82. The topological polar surface area (TPSA) is 53.1 Å². The second-order valence-corrected chi connectivity index (χ2v) is 9.53. The van der Waals surface area contributed by atoms with E-state index in [2.05, 4.69) is 0 Å². The minimum atomic E-state index is -5.12. The van der Waals surface area contributed by atoms with Crippen molar-refractivity contribution >= 4 is 17.7 Å². The number of nitrogens with zero attached hydrogens (tertiary/aromatic N) is 3. The molecule has 0 N–H and O–H groups in total. The average Bonchev–Trinajstić information content (AvgIpc) is 2.69. The fraction of sp³-hybridized carbons (Fsp3) is 0.636. The smallest absolute Gasteiger partial charge is 0.444 e. The molecule has 1 aromatic carbocycles. The summed E-state index contributed by atoms with van der Waals surface area (Å²) in [5.41, 5.74) is -1.33. The number of carbonyl (C=O) groups is 2. The zero-order chi connectivity index (χ0) is 25.6. The van der Waals surface area contributed by atoms with E-state index in [1.54, 1.807) is 32.6 Å². The maximum absolute atomic E-state index is 13.6. The van der Waals surface area contributed by atoms with Crippen molar-refractivity contribution < 1.29 is 40.7 Å². The Kier molecular flexibility index (Phi) is 6.75. The van der Waals surface area contributed by atoms with Gasteiger partial charge in [0.25, 0.3) is 0 Å². The standard InChI is InChI=1S/C22H27F6N3O3/c1-13-11-29(9-10-31(13)19(33)34-20(2,3)4)17-6-5-16(21(23,24)25)14-7-8-30(12-15(14)17)18(32)22(26,27)28/h5-6,13H,7-12H2,1-4H3/t13-/m1/s1. The molecule has 2 amide bonds. The molecule has 6 nitrogen and oxygen atoms in total. The van der Waals surface area contributed by atoms with Crippen LogP contribution in [0.15, 0.2) is 12.1 Å². The molecule has 1 saturated heterocycles. The zero-order valence-corrected chi connectivity index (χ0v) is 19.3. The van der Waals surface area contributed by atoms with Gasteiger partial charge in [0.05, 0.1) is 5.56 Å². The molecule has 2 aliphatic rings. The number of anilines is 1. The van der Waals surface area contributed by atoms with Gasteiger partial charge in [0, 0.05) is 44.5 Å². The van der Waals surface area contributed by atoms with E-state index in [-0.39, 0.29) is 43.2 Å². The van der Waals surface area contributed by atoms with E-state index < -0.39 is 48.6 Å². The molecule has 34 heavy (non-hydrogen) atoms. The normalized spacial score (nSPS) is 19.7. The van der Waals surface area contributed by atoms with E-state index in [0.29, 0.717) is 10.6 Å². The lowest BCUT2D eigenvalue weighted by atomic mass is 9.91. The third-order valence-electron chi connectivity index (χ3n) is 5.82. The molecule has 3 rings (SSSR count). The summed E-state index contributed by atoms with van der Waals surface area (Å²) in [5, 5.41) is 0. The highest BCUT2D eigenvalue weighted by molar-refractivity contribution is 5.82. The molecule has 0 aromatic heterocycles. The molecule has 0 saturated carbocycles. The van der Waals surface area contributed by atoms with Gasteiger partial charge in [-0.3, -0.25) is 4.79 Å². The van der Waals surface area contributed by atoms with E-state index in [9.17, 15) is 35.9 Å². The summed E-state index contributed by atoms with van der Waals surface area (Å²) < 4.78 is 85.2. The predicted octanol–water partition coefficient (Wildman–Crippen LogP) is 4.60. The summed E-state index contributed by atoms with van der Waals surface area (Å²) in [5.74, 6) is -2.08. The fourth-order valence-electron chi connectivity index (χ4n) is 4.34. The van der Waals surface area contributed by atoms with Crippen LogP contribution in [0, 0.1) is 0 Å². The number of amides is 2. The van der Waals surface area contributed by atoms with Gasteiger partial charge in [-0.2, -0.15) is 26.3 Å². The second-order valence-electron chi connectivity index (χ2n) is 9.53. The number of alkyl halides is 6. The van der Waals surface area contributed by atoms with E-state index in [4.69, 9.17) is 4.74 Å². The Morgan fingerprint density at radius 2 is 1.62 bits per heavy atom. The molecule has 0 aliphatic carbocycles. The van der Waals surface area contributed by atoms with Crippen LogP contribution in [0.5, 0.6) is 0 Å². The second kappa shape index (κ2) is 8.84. The Bertz CT molecular complexity index is 955. The largest absolute Gasteiger partial charge is 0.471 e. The summed E-state index contributed by atoms with van der Waals surface area (Å²) in [7, 11) is 0. The molecule has 1 aromatic rings. The number of carbonyl (C=O) groups excluding carboxylic acids is 2. The van der Waals surface area contributed by atoms with Crippen LogP contribution in [0.4, 0.5) is 36.8 Å². The third kappa shape index (κ3) is 5.52. The number of hydrogen-bond donors (Lipinski definition) is 0. The number of ether oxygens (including phenoxy) is 1. The SMILES string of the molecule is C[C@@H]1CN(c2ccc(C(F)(F)F)c3c2CN(C(=O)C(F)(F)F)CC3)CCN1C(=O)OC(C)(C)C. The molecule has 0 radical (unpaired) electrons. The molecule has 1 fully saturated rings. The lowest BCUT2D eigenvalue weighted by Crippen LogP contribution is -2.55. The number of rotatable bonds is 1. The van der Waals surface area contributed by atoms with Crippen molar-refractivity contribution in [1.82, 2.24) is 9.80 Å². The van der Waals surface area contributed by atoms with Gasteiger partial charge < -0.3 is 19.4 Å². The molecule has 1 atom stereocenters. The Morgan fingerprint density at radius 3 is 2.15 bits per heavy atom. The number of benzene rings is 1. The van der Waals surface area contributed by atoms with Gasteiger partial charge in [-0.25, -0.2) is 4.79 Å². The first-order valence-electron chi connectivity index (χ1n) is 10.8. The highest BCUT2D eigenvalue weighted by Gasteiger charge is 2.45. The molecule has 2 aliphatic heterocycles. The van der Waals surface area contributed by atoms with Gasteiger partial charge in [-0.1, -0.05) is 0 Å². The van der Waals surface area contributed by atoms with Crippen LogP contribution in [0.3, 0.4) is 0 Å². The Labute approximate surface area is 193 Å². The number of hydrogen-bond acceptors (Lipinski definition) is 4. The monoisotopic (exact) mass is 495 g/mol. The first-order valence-corrected chi connectivity index (χ1v) is 10.8. The van der Waals surface area contributed by atoms with E-state index >= 15 is 0 Å². The van der Waals surface area contributed by atoms with Crippen LogP contribution in [-0.4, -0.2) is 65.8 Å². The van der Waals surface area contributed by atoms with Gasteiger partial charge >= 0.3 is 24.4 Å². The van der Waals surface area contributed by atoms with Gasteiger partial charge in [0.1, 0.15) is 5.60 Å². The number of fused-ring (bicyclic) bond motifs is 1. The van der Waals surface area contributed by atoms with Crippen LogP contribution in [-0.2, 0) is 28.7 Å². The summed E-state index contributed by atoms with van der Waals surface area (Å²) >= 11 is 0. The first-order chi connectivity index (χ1) is 15.5. The van der Waals surface area contributed by atoms with E-state index in [1.165, 1.54) is 11.0 Å². The van der Waals surface area contributed by atoms with Crippen molar-refractivity contribution in [3.8, 4) is 0 Å². The highest BCUT2D eigenvalue weighted by atomic mass is 19.4. The molecule has 12 heteroatoms. The first kappa shape index (κ1) is 26.0. The number of halogens is 6.